The molecule has 6 heteroatoms. The molecular formula is C14H17ClN2O3. The lowest BCUT2D eigenvalue weighted by Crippen LogP contribution is -2.37. The first-order chi connectivity index (χ1) is 9.52. The molecule has 0 atom stereocenters. The standard InChI is InChI=1S/C14H17ClN2O3/c1-2-16(9-10-4-3-5-10)14(18)11-6-7-12(15)13(8-11)17(19)20/h6-8,10H,2-5,9H2,1H3. The van der Waals surface area contributed by atoms with Crippen molar-refractivity contribution in [1.82, 2.24) is 4.90 Å². The van der Waals surface area contributed by atoms with Crippen molar-refractivity contribution >= 4 is 23.2 Å². The Morgan fingerprint density at radius 1 is 1.50 bits per heavy atom. The Kier molecular flexibility index (Phi) is 4.60. The van der Waals surface area contributed by atoms with Crippen LogP contribution in [0.4, 0.5) is 5.69 Å². The van der Waals surface area contributed by atoms with Gasteiger partial charge in [-0.05, 0) is 37.8 Å². The molecule has 108 valence electrons. The molecule has 0 unspecified atom stereocenters. The van der Waals surface area contributed by atoms with E-state index in [0.29, 0.717) is 18.0 Å². The van der Waals surface area contributed by atoms with E-state index in [-0.39, 0.29) is 16.6 Å². The summed E-state index contributed by atoms with van der Waals surface area (Å²) in [4.78, 5) is 24.4. The predicted molar refractivity (Wildman–Crippen MR) is 77.0 cm³/mol. The highest BCUT2D eigenvalue weighted by molar-refractivity contribution is 6.32. The number of rotatable bonds is 5. The fourth-order valence-corrected chi connectivity index (χ4v) is 2.50. The summed E-state index contributed by atoms with van der Waals surface area (Å²) in [6.45, 7) is 3.25. The average molecular weight is 297 g/mol. The van der Waals surface area contributed by atoms with E-state index in [4.69, 9.17) is 11.6 Å². The van der Waals surface area contributed by atoms with E-state index in [1.165, 1.54) is 18.6 Å². The Bertz CT molecular complexity index is 529. The molecule has 0 spiro atoms. The van der Waals surface area contributed by atoms with E-state index >= 15 is 0 Å². The zero-order valence-corrected chi connectivity index (χ0v) is 12.1. The molecule has 0 aromatic heterocycles. The fraction of sp³-hybridized carbons (Fsp3) is 0.500. The lowest BCUT2D eigenvalue weighted by molar-refractivity contribution is -0.384. The van der Waals surface area contributed by atoms with Gasteiger partial charge in [-0.25, -0.2) is 0 Å². The van der Waals surface area contributed by atoms with Gasteiger partial charge in [-0.2, -0.15) is 0 Å². The second-order valence-corrected chi connectivity index (χ2v) is 5.47. The van der Waals surface area contributed by atoms with Crippen molar-refractivity contribution in [2.75, 3.05) is 13.1 Å². The normalized spacial score (nSPS) is 14.7. The molecule has 1 fully saturated rings. The van der Waals surface area contributed by atoms with E-state index in [9.17, 15) is 14.9 Å². The molecular weight excluding hydrogens is 280 g/mol. The fourth-order valence-electron chi connectivity index (χ4n) is 2.31. The van der Waals surface area contributed by atoms with Gasteiger partial charge in [0.2, 0.25) is 0 Å². The average Bonchev–Trinajstić information content (AvgIpc) is 2.37. The zero-order valence-electron chi connectivity index (χ0n) is 11.3. The van der Waals surface area contributed by atoms with Crippen molar-refractivity contribution in [2.45, 2.75) is 26.2 Å². The Morgan fingerprint density at radius 2 is 2.20 bits per heavy atom. The van der Waals surface area contributed by atoms with Crippen LogP contribution in [0.25, 0.3) is 0 Å². The van der Waals surface area contributed by atoms with Crippen LogP contribution in [0.2, 0.25) is 5.02 Å². The first-order valence-corrected chi connectivity index (χ1v) is 7.14. The number of halogens is 1. The molecule has 0 bridgehead atoms. The smallest absolute Gasteiger partial charge is 0.288 e. The van der Waals surface area contributed by atoms with Gasteiger partial charge < -0.3 is 4.90 Å². The van der Waals surface area contributed by atoms with Crippen molar-refractivity contribution in [3.8, 4) is 0 Å². The van der Waals surface area contributed by atoms with Crippen molar-refractivity contribution in [2.24, 2.45) is 5.92 Å². The van der Waals surface area contributed by atoms with Crippen molar-refractivity contribution in [1.29, 1.82) is 0 Å². The molecule has 1 saturated carbocycles. The molecule has 0 heterocycles. The minimum atomic E-state index is -0.568. The van der Waals surface area contributed by atoms with Gasteiger partial charge in [-0.1, -0.05) is 18.0 Å². The van der Waals surface area contributed by atoms with Crippen LogP contribution in [0.5, 0.6) is 0 Å². The van der Waals surface area contributed by atoms with E-state index in [2.05, 4.69) is 0 Å². The quantitative estimate of drug-likeness (QED) is 0.617. The van der Waals surface area contributed by atoms with Gasteiger partial charge in [0.1, 0.15) is 5.02 Å². The number of nitrogens with zero attached hydrogens (tertiary/aromatic N) is 2. The van der Waals surface area contributed by atoms with E-state index in [1.54, 1.807) is 11.0 Å². The maximum absolute atomic E-state index is 12.4. The summed E-state index contributed by atoms with van der Waals surface area (Å²) in [6, 6.07) is 4.21. The number of nitro groups is 1. The van der Waals surface area contributed by atoms with Crippen LogP contribution in [-0.4, -0.2) is 28.8 Å². The first-order valence-electron chi connectivity index (χ1n) is 6.76. The molecule has 0 N–H and O–H groups in total. The largest absolute Gasteiger partial charge is 0.339 e. The Morgan fingerprint density at radius 3 is 2.70 bits per heavy atom. The van der Waals surface area contributed by atoms with Crippen molar-refractivity contribution < 1.29 is 9.72 Å². The molecule has 1 aliphatic carbocycles. The van der Waals surface area contributed by atoms with E-state index in [1.807, 2.05) is 6.92 Å². The second-order valence-electron chi connectivity index (χ2n) is 5.06. The van der Waals surface area contributed by atoms with Gasteiger partial charge in [0.15, 0.2) is 0 Å². The summed E-state index contributed by atoms with van der Waals surface area (Å²) in [5, 5.41) is 10.9. The molecule has 1 aliphatic rings. The SMILES string of the molecule is CCN(CC1CCC1)C(=O)c1ccc(Cl)c([N+](=O)[O-])c1. The van der Waals surface area contributed by atoms with Gasteiger partial charge in [-0.3, -0.25) is 14.9 Å². The van der Waals surface area contributed by atoms with Crippen molar-refractivity contribution in [3.63, 3.8) is 0 Å². The van der Waals surface area contributed by atoms with E-state index in [0.717, 1.165) is 19.4 Å². The maximum Gasteiger partial charge on any atom is 0.288 e. The summed E-state index contributed by atoms with van der Waals surface area (Å²) >= 11 is 5.76. The van der Waals surface area contributed by atoms with Gasteiger partial charge in [0.25, 0.3) is 11.6 Å². The summed E-state index contributed by atoms with van der Waals surface area (Å²) in [7, 11) is 0. The summed E-state index contributed by atoms with van der Waals surface area (Å²) in [5.41, 5.74) is 0.0967. The van der Waals surface area contributed by atoms with Crippen LogP contribution in [0.15, 0.2) is 18.2 Å². The number of hydrogen-bond donors (Lipinski definition) is 0. The second kappa shape index (κ2) is 6.22. The molecule has 1 aromatic rings. The van der Waals surface area contributed by atoms with Crippen LogP contribution in [0.1, 0.15) is 36.5 Å². The van der Waals surface area contributed by atoms with Crippen LogP contribution in [0, 0.1) is 16.0 Å². The van der Waals surface area contributed by atoms with Gasteiger partial charge in [0.05, 0.1) is 4.92 Å². The van der Waals surface area contributed by atoms with Crippen molar-refractivity contribution in [3.05, 3.63) is 38.9 Å². The van der Waals surface area contributed by atoms with Crippen LogP contribution >= 0.6 is 11.6 Å². The molecule has 20 heavy (non-hydrogen) atoms. The zero-order chi connectivity index (χ0) is 14.7. The maximum atomic E-state index is 12.4. The van der Waals surface area contributed by atoms with Gasteiger partial charge in [-0.15, -0.1) is 0 Å². The van der Waals surface area contributed by atoms with Gasteiger partial charge in [0, 0.05) is 24.7 Å². The lowest BCUT2D eigenvalue weighted by atomic mass is 9.85. The highest BCUT2D eigenvalue weighted by Crippen LogP contribution is 2.29. The summed E-state index contributed by atoms with van der Waals surface area (Å²) < 4.78 is 0. The monoisotopic (exact) mass is 296 g/mol. The number of carbonyl (C=O) groups excluding carboxylic acids is 1. The third-order valence-electron chi connectivity index (χ3n) is 3.76. The van der Waals surface area contributed by atoms with Crippen LogP contribution < -0.4 is 0 Å². The Hall–Kier alpha value is -1.62. The third-order valence-corrected chi connectivity index (χ3v) is 4.08. The van der Waals surface area contributed by atoms with Crippen LogP contribution in [0.3, 0.4) is 0 Å². The molecule has 0 aliphatic heterocycles. The molecule has 0 radical (unpaired) electrons. The number of benzene rings is 1. The first kappa shape index (κ1) is 14.8. The summed E-state index contributed by atoms with van der Waals surface area (Å²) in [6.07, 6.45) is 3.54. The number of carbonyl (C=O) groups is 1. The highest BCUT2D eigenvalue weighted by atomic mass is 35.5. The molecule has 5 nitrogen and oxygen atoms in total. The topological polar surface area (TPSA) is 63.5 Å². The Labute approximate surface area is 122 Å². The molecule has 2 rings (SSSR count). The third kappa shape index (κ3) is 3.10. The molecule has 1 amide bonds. The number of nitro benzene ring substituents is 1. The lowest BCUT2D eigenvalue weighted by Gasteiger charge is -2.31. The predicted octanol–water partition coefficient (Wildman–Crippen LogP) is 3.51. The Balaban J connectivity index is 2.17. The van der Waals surface area contributed by atoms with Gasteiger partial charge >= 0.3 is 0 Å². The molecule has 0 saturated heterocycles. The highest BCUT2D eigenvalue weighted by Gasteiger charge is 2.24. The van der Waals surface area contributed by atoms with Crippen LogP contribution in [-0.2, 0) is 0 Å². The van der Waals surface area contributed by atoms with E-state index < -0.39 is 4.92 Å². The minimum Gasteiger partial charge on any atom is -0.339 e. The summed E-state index contributed by atoms with van der Waals surface area (Å²) in [5.74, 6) is 0.403. The number of hydrogen-bond acceptors (Lipinski definition) is 3. The molecule has 1 aromatic carbocycles. The minimum absolute atomic E-state index is 0.0496. The number of amides is 1.